The summed E-state index contributed by atoms with van der Waals surface area (Å²) in [5.41, 5.74) is 10.1. The third-order valence-corrected chi connectivity index (χ3v) is 11.2. The number of rotatable bonds is 8. The van der Waals surface area contributed by atoms with Crippen LogP contribution in [0.15, 0.2) is 218 Å². The maximum Gasteiger partial charge on any atom is 0.164 e. The molecule has 0 amide bonds. The van der Waals surface area contributed by atoms with E-state index in [1.165, 1.54) is 0 Å². The summed E-state index contributed by atoms with van der Waals surface area (Å²) in [6.45, 7) is 0. The second kappa shape index (κ2) is 15.9. The van der Waals surface area contributed by atoms with Gasteiger partial charge >= 0.3 is 0 Å². The second-order valence-electron chi connectivity index (χ2n) is 15.1. The summed E-state index contributed by atoms with van der Waals surface area (Å²) >= 11 is 0. The van der Waals surface area contributed by atoms with E-state index in [1.54, 1.807) is 0 Å². The Bertz CT molecular complexity index is 3150. The molecule has 0 unspecified atom stereocenters. The van der Waals surface area contributed by atoms with Crippen molar-refractivity contribution in [2.24, 2.45) is 0 Å². The van der Waals surface area contributed by atoms with E-state index in [0.29, 0.717) is 34.9 Å². The maximum atomic E-state index is 5.05. The van der Waals surface area contributed by atoms with Crippen molar-refractivity contribution in [3.8, 4) is 90.6 Å². The van der Waals surface area contributed by atoms with Crippen LogP contribution in [-0.4, -0.2) is 29.9 Å². The van der Waals surface area contributed by atoms with Gasteiger partial charge in [0.15, 0.2) is 34.9 Å². The van der Waals surface area contributed by atoms with Crippen LogP contribution in [0.2, 0.25) is 0 Å². The lowest BCUT2D eigenvalue weighted by Crippen LogP contribution is -2.00. The summed E-state index contributed by atoms with van der Waals surface area (Å²) in [4.78, 5) is 30.0. The van der Waals surface area contributed by atoms with Gasteiger partial charge in [-0.3, -0.25) is 0 Å². The standard InChI is InChI=1S/C56H36N6/c1-3-16-41(17-4-1)51-57-53(61-55(59-51)49-26-12-20-39-14-7-9-24-47(39)49)43-32-28-37(29-33-43)45-22-11-23-46(36-45)38-30-34-44(35-31-38)54-58-52(42-18-5-2-6-19-42)60-56(62-54)50-27-13-21-40-15-8-10-25-48(40)50/h1-36H. The number of benzene rings is 9. The fraction of sp³-hybridized carbons (Fsp3) is 0. The minimum atomic E-state index is 0.625. The fourth-order valence-corrected chi connectivity index (χ4v) is 8.03. The van der Waals surface area contributed by atoms with Crippen LogP contribution in [0.5, 0.6) is 0 Å². The minimum Gasteiger partial charge on any atom is -0.208 e. The van der Waals surface area contributed by atoms with E-state index in [1.807, 2.05) is 60.7 Å². The van der Waals surface area contributed by atoms with Gasteiger partial charge in [-0.05, 0) is 49.9 Å². The number of hydrogen-bond donors (Lipinski definition) is 0. The fourth-order valence-electron chi connectivity index (χ4n) is 8.03. The topological polar surface area (TPSA) is 77.3 Å². The average molecular weight is 793 g/mol. The molecule has 0 N–H and O–H groups in total. The van der Waals surface area contributed by atoms with Crippen molar-refractivity contribution in [3.63, 3.8) is 0 Å². The predicted octanol–water partition coefficient (Wildman–Crippen LogP) is 13.7. The monoisotopic (exact) mass is 792 g/mol. The zero-order chi connectivity index (χ0) is 41.2. The highest BCUT2D eigenvalue weighted by Crippen LogP contribution is 2.34. The van der Waals surface area contributed by atoms with Gasteiger partial charge in [-0.1, -0.05) is 212 Å². The van der Waals surface area contributed by atoms with Gasteiger partial charge in [0, 0.05) is 33.4 Å². The first-order valence-corrected chi connectivity index (χ1v) is 20.6. The van der Waals surface area contributed by atoms with Crippen LogP contribution in [-0.2, 0) is 0 Å². The van der Waals surface area contributed by atoms with Crippen LogP contribution in [0.1, 0.15) is 0 Å². The lowest BCUT2D eigenvalue weighted by Gasteiger charge is -2.11. The molecule has 0 atom stereocenters. The van der Waals surface area contributed by atoms with Crippen molar-refractivity contribution in [1.82, 2.24) is 29.9 Å². The van der Waals surface area contributed by atoms with Gasteiger partial charge in [-0.15, -0.1) is 0 Å². The number of nitrogens with zero attached hydrogens (tertiary/aromatic N) is 6. The molecule has 9 aromatic carbocycles. The van der Waals surface area contributed by atoms with Gasteiger partial charge in [0.25, 0.3) is 0 Å². The summed E-state index contributed by atoms with van der Waals surface area (Å²) in [7, 11) is 0. The molecule has 11 rings (SSSR count). The van der Waals surface area contributed by atoms with Crippen molar-refractivity contribution in [3.05, 3.63) is 218 Å². The molecule has 0 aliphatic heterocycles. The van der Waals surface area contributed by atoms with Crippen LogP contribution in [0.25, 0.3) is 112 Å². The minimum absolute atomic E-state index is 0.625. The summed E-state index contributed by atoms with van der Waals surface area (Å²) < 4.78 is 0. The molecule has 0 aliphatic carbocycles. The Kier molecular flexibility index (Phi) is 9.41. The van der Waals surface area contributed by atoms with E-state index in [0.717, 1.165) is 77.2 Å². The molecule has 0 saturated heterocycles. The van der Waals surface area contributed by atoms with E-state index < -0.39 is 0 Å². The Hall–Kier alpha value is -8.48. The first-order valence-electron chi connectivity index (χ1n) is 20.6. The van der Waals surface area contributed by atoms with Gasteiger partial charge in [0.1, 0.15) is 0 Å². The number of fused-ring (bicyclic) bond motifs is 2. The van der Waals surface area contributed by atoms with Gasteiger partial charge in [-0.2, -0.15) is 0 Å². The molecule has 0 fully saturated rings. The molecule has 290 valence electrons. The summed E-state index contributed by atoms with van der Waals surface area (Å²) in [5.74, 6) is 3.81. The largest absolute Gasteiger partial charge is 0.208 e. The lowest BCUT2D eigenvalue weighted by atomic mass is 9.97. The van der Waals surface area contributed by atoms with Crippen LogP contribution in [0.4, 0.5) is 0 Å². The first-order chi connectivity index (χ1) is 30.7. The van der Waals surface area contributed by atoms with Gasteiger partial charge in [-0.25, -0.2) is 29.9 Å². The van der Waals surface area contributed by atoms with Crippen molar-refractivity contribution in [2.75, 3.05) is 0 Å². The maximum absolute atomic E-state index is 5.05. The molecule has 0 saturated carbocycles. The Labute approximate surface area is 359 Å². The predicted molar refractivity (Wildman–Crippen MR) is 252 cm³/mol. The van der Waals surface area contributed by atoms with Crippen molar-refractivity contribution >= 4 is 21.5 Å². The molecule has 0 radical (unpaired) electrons. The molecule has 0 spiro atoms. The van der Waals surface area contributed by atoms with Crippen LogP contribution >= 0.6 is 0 Å². The van der Waals surface area contributed by atoms with E-state index in [4.69, 9.17) is 29.9 Å². The third-order valence-electron chi connectivity index (χ3n) is 11.2. The normalized spacial score (nSPS) is 11.2. The Morgan fingerprint density at radius 2 is 0.484 bits per heavy atom. The van der Waals surface area contributed by atoms with Crippen molar-refractivity contribution in [2.45, 2.75) is 0 Å². The highest BCUT2D eigenvalue weighted by molar-refractivity contribution is 5.96. The lowest BCUT2D eigenvalue weighted by molar-refractivity contribution is 1.08. The van der Waals surface area contributed by atoms with Crippen LogP contribution in [0.3, 0.4) is 0 Å². The summed E-state index contributed by atoms with van der Waals surface area (Å²) in [6, 6.07) is 74.9. The number of hydrogen-bond acceptors (Lipinski definition) is 6. The molecule has 0 aliphatic rings. The molecule has 6 heteroatoms. The Morgan fingerprint density at radius 3 is 0.903 bits per heavy atom. The molecule has 11 aromatic rings. The van der Waals surface area contributed by atoms with E-state index >= 15 is 0 Å². The smallest absolute Gasteiger partial charge is 0.164 e. The molecular formula is C56H36N6. The molecule has 0 bridgehead atoms. The Morgan fingerprint density at radius 1 is 0.194 bits per heavy atom. The van der Waals surface area contributed by atoms with Crippen molar-refractivity contribution in [1.29, 1.82) is 0 Å². The zero-order valence-corrected chi connectivity index (χ0v) is 33.5. The van der Waals surface area contributed by atoms with E-state index in [-0.39, 0.29) is 0 Å². The van der Waals surface area contributed by atoms with E-state index in [2.05, 4.69) is 158 Å². The van der Waals surface area contributed by atoms with Gasteiger partial charge < -0.3 is 0 Å². The third kappa shape index (κ3) is 7.16. The van der Waals surface area contributed by atoms with Gasteiger partial charge in [0.2, 0.25) is 0 Å². The molecule has 2 heterocycles. The summed E-state index contributed by atoms with van der Waals surface area (Å²) in [5, 5.41) is 4.49. The van der Waals surface area contributed by atoms with Gasteiger partial charge in [0.05, 0.1) is 0 Å². The highest BCUT2D eigenvalue weighted by Gasteiger charge is 2.16. The van der Waals surface area contributed by atoms with Crippen molar-refractivity contribution < 1.29 is 0 Å². The summed E-state index contributed by atoms with van der Waals surface area (Å²) in [6.07, 6.45) is 0. The molecular weight excluding hydrogens is 757 g/mol. The quantitative estimate of drug-likeness (QED) is 0.152. The Balaban J connectivity index is 0.908. The highest BCUT2D eigenvalue weighted by atomic mass is 15.0. The zero-order valence-electron chi connectivity index (χ0n) is 33.5. The van der Waals surface area contributed by atoms with E-state index in [9.17, 15) is 0 Å². The molecule has 6 nitrogen and oxygen atoms in total. The average Bonchev–Trinajstić information content (AvgIpc) is 3.36. The van der Waals surface area contributed by atoms with Crippen LogP contribution in [0, 0.1) is 0 Å². The first kappa shape index (κ1) is 36.6. The SMILES string of the molecule is c1ccc(-c2nc(-c3ccc(-c4cccc(-c5ccc(-c6nc(-c7ccccc7)nc(-c7cccc8ccccc78)n6)cc5)c4)cc3)nc(-c3cccc4ccccc34)n2)cc1. The molecule has 2 aromatic heterocycles. The molecule has 62 heavy (non-hydrogen) atoms. The number of aromatic nitrogens is 6. The second-order valence-corrected chi connectivity index (χ2v) is 15.1. The van der Waals surface area contributed by atoms with Crippen LogP contribution < -0.4 is 0 Å².